The lowest BCUT2D eigenvalue weighted by atomic mass is 10.1. The van der Waals surface area contributed by atoms with E-state index < -0.39 is 9.84 Å². The van der Waals surface area contributed by atoms with Gasteiger partial charge in [-0.2, -0.15) is 0 Å². The molecule has 1 fully saturated rings. The Balaban J connectivity index is 1.73. The number of carbonyl (C=O) groups excluding carboxylic acids is 1. The minimum absolute atomic E-state index is 0.0445. The van der Waals surface area contributed by atoms with Crippen molar-refractivity contribution in [3.05, 3.63) is 41.6 Å². The standard InChI is InChI=1S/C16H18N2O3S/c1-11-8-12-4-2-3-5-14(12)18-15(11)9-16(19)17-13-6-7-22(20,21)10-13/h2-5,8,13H,6-7,9-10H2,1H3,(H,17,19). The highest BCUT2D eigenvalue weighted by molar-refractivity contribution is 7.91. The minimum Gasteiger partial charge on any atom is -0.352 e. The normalized spacial score (nSPS) is 20.1. The molecule has 1 N–H and O–H groups in total. The lowest BCUT2D eigenvalue weighted by Crippen LogP contribution is -2.36. The summed E-state index contributed by atoms with van der Waals surface area (Å²) in [4.78, 5) is 16.7. The van der Waals surface area contributed by atoms with E-state index in [1.807, 2.05) is 37.3 Å². The fourth-order valence-corrected chi connectivity index (χ4v) is 4.45. The fourth-order valence-electron chi connectivity index (χ4n) is 2.78. The molecule has 2 aromatic rings. The van der Waals surface area contributed by atoms with Gasteiger partial charge in [0, 0.05) is 11.4 Å². The van der Waals surface area contributed by atoms with Crippen molar-refractivity contribution in [2.75, 3.05) is 11.5 Å². The highest BCUT2D eigenvalue weighted by Crippen LogP contribution is 2.17. The van der Waals surface area contributed by atoms with Gasteiger partial charge in [-0.3, -0.25) is 9.78 Å². The van der Waals surface area contributed by atoms with Crippen molar-refractivity contribution < 1.29 is 13.2 Å². The molecule has 1 unspecified atom stereocenters. The smallest absolute Gasteiger partial charge is 0.226 e. The van der Waals surface area contributed by atoms with Gasteiger partial charge in [-0.15, -0.1) is 0 Å². The van der Waals surface area contributed by atoms with Crippen molar-refractivity contribution in [2.45, 2.75) is 25.8 Å². The predicted molar refractivity (Wildman–Crippen MR) is 85.4 cm³/mol. The zero-order chi connectivity index (χ0) is 15.7. The van der Waals surface area contributed by atoms with Gasteiger partial charge in [-0.25, -0.2) is 8.42 Å². The van der Waals surface area contributed by atoms with Crippen LogP contribution in [0.3, 0.4) is 0 Å². The summed E-state index contributed by atoms with van der Waals surface area (Å²) in [7, 11) is -2.98. The second-order valence-corrected chi connectivity index (χ2v) is 8.02. The first-order valence-corrected chi connectivity index (χ1v) is 9.10. The summed E-state index contributed by atoms with van der Waals surface area (Å²) < 4.78 is 22.8. The number of nitrogens with one attached hydrogen (secondary N) is 1. The van der Waals surface area contributed by atoms with Crippen LogP contribution in [0, 0.1) is 6.92 Å². The molecular weight excluding hydrogens is 300 g/mol. The first kappa shape index (κ1) is 15.0. The Morgan fingerprint density at radius 2 is 2.14 bits per heavy atom. The Morgan fingerprint density at radius 3 is 2.86 bits per heavy atom. The number of amides is 1. The van der Waals surface area contributed by atoms with Gasteiger partial charge in [-0.05, 0) is 31.0 Å². The van der Waals surface area contributed by atoms with E-state index in [0.717, 1.165) is 22.2 Å². The first-order valence-electron chi connectivity index (χ1n) is 7.28. The van der Waals surface area contributed by atoms with Gasteiger partial charge in [0.2, 0.25) is 5.91 Å². The van der Waals surface area contributed by atoms with Gasteiger partial charge >= 0.3 is 0 Å². The molecule has 116 valence electrons. The summed E-state index contributed by atoms with van der Waals surface area (Å²) in [6.45, 7) is 1.93. The molecule has 22 heavy (non-hydrogen) atoms. The van der Waals surface area contributed by atoms with E-state index in [-0.39, 0.29) is 29.9 Å². The number of aryl methyl sites for hydroxylation is 1. The molecule has 5 nitrogen and oxygen atoms in total. The maximum absolute atomic E-state index is 12.1. The summed E-state index contributed by atoms with van der Waals surface area (Å²) in [6.07, 6.45) is 0.672. The van der Waals surface area contributed by atoms with Gasteiger partial charge in [-0.1, -0.05) is 18.2 Å². The Hall–Kier alpha value is -1.95. The molecular formula is C16H18N2O3S. The zero-order valence-electron chi connectivity index (χ0n) is 12.4. The number of pyridine rings is 1. The fraction of sp³-hybridized carbons (Fsp3) is 0.375. The van der Waals surface area contributed by atoms with Crippen LogP contribution in [0.1, 0.15) is 17.7 Å². The van der Waals surface area contributed by atoms with Crippen LogP contribution in [-0.2, 0) is 21.1 Å². The van der Waals surface area contributed by atoms with E-state index in [4.69, 9.17) is 0 Å². The predicted octanol–water partition coefficient (Wildman–Crippen LogP) is 1.39. The van der Waals surface area contributed by atoms with Crippen LogP contribution in [0.5, 0.6) is 0 Å². The van der Waals surface area contributed by atoms with Crippen molar-refractivity contribution in [3.63, 3.8) is 0 Å². The third-order valence-electron chi connectivity index (χ3n) is 3.94. The van der Waals surface area contributed by atoms with Crippen LogP contribution in [0.15, 0.2) is 30.3 Å². The topological polar surface area (TPSA) is 76.1 Å². The number of sulfone groups is 1. The second kappa shape index (κ2) is 5.68. The van der Waals surface area contributed by atoms with Crippen LogP contribution in [0.4, 0.5) is 0 Å². The molecule has 1 saturated heterocycles. The number of carbonyl (C=O) groups is 1. The molecule has 1 amide bonds. The monoisotopic (exact) mass is 318 g/mol. The number of hydrogen-bond acceptors (Lipinski definition) is 4. The third-order valence-corrected chi connectivity index (χ3v) is 5.71. The van der Waals surface area contributed by atoms with Gasteiger partial charge in [0.15, 0.2) is 9.84 Å². The average molecular weight is 318 g/mol. The van der Waals surface area contributed by atoms with Crippen molar-refractivity contribution >= 4 is 26.6 Å². The molecule has 6 heteroatoms. The largest absolute Gasteiger partial charge is 0.352 e. The highest BCUT2D eigenvalue weighted by atomic mass is 32.2. The van der Waals surface area contributed by atoms with E-state index in [1.54, 1.807) is 0 Å². The number of hydrogen-bond donors (Lipinski definition) is 1. The maximum Gasteiger partial charge on any atom is 0.226 e. The summed E-state index contributed by atoms with van der Waals surface area (Å²) in [6, 6.07) is 9.53. The Morgan fingerprint density at radius 1 is 1.36 bits per heavy atom. The molecule has 1 atom stereocenters. The molecule has 0 aliphatic carbocycles. The van der Waals surface area contributed by atoms with Gasteiger partial charge < -0.3 is 5.32 Å². The Kier molecular flexibility index (Phi) is 3.87. The second-order valence-electron chi connectivity index (χ2n) is 5.79. The summed E-state index contributed by atoms with van der Waals surface area (Å²) in [5, 5.41) is 3.85. The molecule has 0 spiro atoms. The van der Waals surface area contributed by atoms with Crippen LogP contribution >= 0.6 is 0 Å². The molecule has 0 saturated carbocycles. The van der Waals surface area contributed by atoms with Crippen molar-refractivity contribution in [2.24, 2.45) is 0 Å². The van der Waals surface area contributed by atoms with Crippen molar-refractivity contribution in [1.29, 1.82) is 0 Å². The minimum atomic E-state index is -2.98. The van der Waals surface area contributed by atoms with E-state index in [9.17, 15) is 13.2 Å². The Bertz CT molecular complexity index is 830. The van der Waals surface area contributed by atoms with Crippen LogP contribution in [0.25, 0.3) is 10.9 Å². The van der Waals surface area contributed by atoms with E-state index in [1.165, 1.54) is 0 Å². The van der Waals surface area contributed by atoms with Crippen LogP contribution < -0.4 is 5.32 Å². The Labute approximate surface area is 129 Å². The quantitative estimate of drug-likeness (QED) is 0.928. The number of fused-ring (bicyclic) bond motifs is 1. The number of aromatic nitrogens is 1. The van der Waals surface area contributed by atoms with Gasteiger partial charge in [0.05, 0.1) is 29.1 Å². The molecule has 3 rings (SSSR count). The third kappa shape index (κ3) is 3.27. The molecule has 2 heterocycles. The van der Waals surface area contributed by atoms with E-state index in [2.05, 4.69) is 10.3 Å². The molecule has 0 radical (unpaired) electrons. The lowest BCUT2D eigenvalue weighted by molar-refractivity contribution is -0.121. The van der Waals surface area contributed by atoms with Crippen LogP contribution in [-0.4, -0.2) is 36.9 Å². The molecule has 0 bridgehead atoms. The highest BCUT2D eigenvalue weighted by Gasteiger charge is 2.28. The first-order chi connectivity index (χ1) is 10.4. The lowest BCUT2D eigenvalue weighted by Gasteiger charge is -2.12. The number of benzene rings is 1. The zero-order valence-corrected chi connectivity index (χ0v) is 13.2. The number of nitrogens with zero attached hydrogens (tertiary/aromatic N) is 1. The molecule has 1 aromatic heterocycles. The van der Waals surface area contributed by atoms with E-state index >= 15 is 0 Å². The molecule has 1 aliphatic rings. The summed E-state index contributed by atoms with van der Waals surface area (Å²) in [5.74, 6) is 0.0293. The number of para-hydroxylation sites is 1. The van der Waals surface area contributed by atoms with E-state index in [0.29, 0.717) is 6.42 Å². The molecule has 1 aromatic carbocycles. The number of rotatable bonds is 3. The SMILES string of the molecule is Cc1cc2ccccc2nc1CC(=O)NC1CCS(=O)(=O)C1. The average Bonchev–Trinajstić information content (AvgIpc) is 2.78. The molecule has 1 aliphatic heterocycles. The van der Waals surface area contributed by atoms with Gasteiger partial charge in [0.1, 0.15) is 0 Å². The van der Waals surface area contributed by atoms with Crippen molar-refractivity contribution in [1.82, 2.24) is 10.3 Å². The van der Waals surface area contributed by atoms with Crippen molar-refractivity contribution in [3.8, 4) is 0 Å². The maximum atomic E-state index is 12.1. The van der Waals surface area contributed by atoms with Crippen LogP contribution in [0.2, 0.25) is 0 Å². The summed E-state index contributed by atoms with van der Waals surface area (Å²) >= 11 is 0. The summed E-state index contributed by atoms with van der Waals surface area (Å²) in [5.41, 5.74) is 2.56. The van der Waals surface area contributed by atoms with Gasteiger partial charge in [0.25, 0.3) is 0 Å².